The van der Waals surface area contributed by atoms with E-state index >= 15 is 0 Å². The van der Waals surface area contributed by atoms with Gasteiger partial charge in [0.15, 0.2) is 0 Å². The molecule has 0 aliphatic carbocycles. The number of anilines is 1. The standard InChI is InChI=1S/C14H13NO2S/c16-12(13-2-1-6-17-13)9-15-11-3-4-14-10(8-11)5-7-18-14/h1-8,12,15-16H,9H2. The minimum atomic E-state index is -0.627. The fourth-order valence-electron chi connectivity index (χ4n) is 1.87. The summed E-state index contributed by atoms with van der Waals surface area (Å²) in [6.45, 7) is 0.434. The van der Waals surface area contributed by atoms with Crippen molar-refractivity contribution in [2.24, 2.45) is 0 Å². The van der Waals surface area contributed by atoms with Gasteiger partial charge < -0.3 is 14.8 Å². The molecule has 92 valence electrons. The van der Waals surface area contributed by atoms with Crippen LogP contribution in [-0.4, -0.2) is 11.7 Å². The number of fused-ring (bicyclic) bond motifs is 1. The van der Waals surface area contributed by atoms with Crippen molar-refractivity contribution in [1.29, 1.82) is 0 Å². The molecule has 0 radical (unpaired) electrons. The van der Waals surface area contributed by atoms with E-state index in [1.807, 2.05) is 6.07 Å². The van der Waals surface area contributed by atoms with Gasteiger partial charge in [0.25, 0.3) is 0 Å². The number of hydrogen-bond acceptors (Lipinski definition) is 4. The fourth-order valence-corrected chi connectivity index (χ4v) is 2.64. The van der Waals surface area contributed by atoms with Crippen molar-refractivity contribution >= 4 is 27.1 Å². The molecule has 4 heteroatoms. The number of hydrogen-bond donors (Lipinski definition) is 2. The summed E-state index contributed by atoms with van der Waals surface area (Å²) in [5.74, 6) is 0.583. The summed E-state index contributed by atoms with van der Waals surface area (Å²) in [5.41, 5.74) is 1.01. The Morgan fingerprint density at radius 2 is 2.22 bits per heavy atom. The minimum absolute atomic E-state index is 0.434. The summed E-state index contributed by atoms with van der Waals surface area (Å²) < 4.78 is 6.42. The smallest absolute Gasteiger partial charge is 0.134 e. The van der Waals surface area contributed by atoms with Gasteiger partial charge in [-0.05, 0) is 47.2 Å². The first kappa shape index (κ1) is 11.3. The van der Waals surface area contributed by atoms with E-state index in [1.54, 1.807) is 29.7 Å². The fraction of sp³-hybridized carbons (Fsp3) is 0.143. The lowest BCUT2D eigenvalue weighted by atomic mass is 10.2. The first-order valence-electron chi connectivity index (χ1n) is 5.75. The van der Waals surface area contributed by atoms with E-state index in [0.29, 0.717) is 12.3 Å². The molecule has 0 bridgehead atoms. The van der Waals surface area contributed by atoms with Gasteiger partial charge in [0.1, 0.15) is 11.9 Å². The van der Waals surface area contributed by atoms with Gasteiger partial charge in [0, 0.05) is 16.9 Å². The molecule has 0 spiro atoms. The number of benzene rings is 1. The highest BCUT2D eigenvalue weighted by Gasteiger charge is 2.09. The molecule has 2 heterocycles. The van der Waals surface area contributed by atoms with Gasteiger partial charge in [-0.25, -0.2) is 0 Å². The Morgan fingerprint density at radius 3 is 3.06 bits per heavy atom. The molecule has 3 nitrogen and oxygen atoms in total. The normalized spacial score (nSPS) is 12.7. The topological polar surface area (TPSA) is 45.4 Å². The second-order valence-electron chi connectivity index (χ2n) is 4.09. The maximum atomic E-state index is 9.89. The zero-order valence-corrected chi connectivity index (χ0v) is 10.5. The average Bonchev–Trinajstić information content (AvgIpc) is 3.05. The molecule has 0 fully saturated rings. The summed E-state index contributed by atoms with van der Waals surface area (Å²) in [7, 11) is 0. The van der Waals surface area contributed by atoms with Crippen molar-refractivity contribution < 1.29 is 9.52 Å². The first-order chi connectivity index (χ1) is 8.83. The first-order valence-corrected chi connectivity index (χ1v) is 6.63. The van der Waals surface area contributed by atoms with Crippen molar-refractivity contribution in [1.82, 2.24) is 0 Å². The van der Waals surface area contributed by atoms with Crippen LogP contribution in [-0.2, 0) is 0 Å². The Labute approximate surface area is 109 Å². The van der Waals surface area contributed by atoms with Crippen LogP contribution in [0.25, 0.3) is 10.1 Å². The van der Waals surface area contributed by atoms with Crippen LogP contribution in [0.2, 0.25) is 0 Å². The molecule has 0 aliphatic rings. The summed E-state index contributed by atoms with van der Waals surface area (Å²) in [6, 6.07) is 11.8. The van der Waals surface area contributed by atoms with E-state index in [9.17, 15) is 5.11 Å². The van der Waals surface area contributed by atoms with Crippen molar-refractivity contribution in [3.05, 3.63) is 53.8 Å². The van der Waals surface area contributed by atoms with Gasteiger partial charge in [-0.1, -0.05) is 0 Å². The second kappa shape index (κ2) is 4.84. The third-order valence-corrected chi connectivity index (χ3v) is 3.72. The molecule has 0 saturated heterocycles. The number of aliphatic hydroxyl groups is 1. The maximum absolute atomic E-state index is 9.89. The van der Waals surface area contributed by atoms with E-state index in [-0.39, 0.29) is 0 Å². The summed E-state index contributed by atoms with van der Waals surface area (Å²) in [4.78, 5) is 0. The number of rotatable bonds is 4. The Morgan fingerprint density at radius 1 is 1.28 bits per heavy atom. The molecule has 1 unspecified atom stereocenters. The van der Waals surface area contributed by atoms with E-state index in [4.69, 9.17) is 4.42 Å². The zero-order chi connectivity index (χ0) is 12.4. The number of furan rings is 1. The van der Waals surface area contributed by atoms with Crippen molar-refractivity contribution in [2.45, 2.75) is 6.10 Å². The maximum Gasteiger partial charge on any atom is 0.134 e. The van der Waals surface area contributed by atoms with Crippen LogP contribution >= 0.6 is 11.3 Å². The number of nitrogens with one attached hydrogen (secondary N) is 1. The van der Waals surface area contributed by atoms with Gasteiger partial charge in [-0.15, -0.1) is 11.3 Å². The molecule has 1 aromatic carbocycles. The van der Waals surface area contributed by atoms with Crippen molar-refractivity contribution in [3.8, 4) is 0 Å². The van der Waals surface area contributed by atoms with E-state index < -0.39 is 6.10 Å². The number of thiophene rings is 1. The zero-order valence-electron chi connectivity index (χ0n) is 9.67. The molecule has 3 aromatic rings. The van der Waals surface area contributed by atoms with Gasteiger partial charge >= 0.3 is 0 Å². The molecule has 2 aromatic heterocycles. The third kappa shape index (κ3) is 2.25. The van der Waals surface area contributed by atoms with Crippen LogP contribution in [0.5, 0.6) is 0 Å². The molecular formula is C14H13NO2S. The predicted octanol–water partition coefficient (Wildman–Crippen LogP) is 3.64. The van der Waals surface area contributed by atoms with Crippen LogP contribution in [0.15, 0.2) is 52.5 Å². The van der Waals surface area contributed by atoms with Gasteiger partial charge in [0.05, 0.1) is 6.26 Å². The van der Waals surface area contributed by atoms with Crippen LogP contribution in [0.1, 0.15) is 11.9 Å². The molecule has 1 atom stereocenters. The summed E-state index contributed by atoms with van der Waals surface area (Å²) in [6.07, 6.45) is 0.939. The lowest BCUT2D eigenvalue weighted by Crippen LogP contribution is -2.11. The van der Waals surface area contributed by atoms with Gasteiger partial charge in [-0.2, -0.15) is 0 Å². The van der Waals surface area contributed by atoms with E-state index in [2.05, 4.69) is 28.9 Å². The Bertz CT molecular complexity index is 630. The van der Waals surface area contributed by atoms with Crippen LogP contribution in [0.3, 0.4) is 0 Å². The molecule has 2 N–H and O–H groups in total. The molecule has 0 amide bonds. The van der Waals surface area contributed by atoms with E-state index in [1.165, 1.54) is 10.1 Å². The molecular weight excluding hydrogens is 246 g/mol. The van der Waals surface area contributed by atoms with Gasteiger partial charge in [0.2, 0.25) is 0 Å². The highest BCUT2D eigenvalue weighted by Crippen LogP contribution is 2.24. The molecule has 0 saturated carbocycles. The third-order valence-electron chi connectivity index (χ3n) is 2.82. The molecule has 0 aliphatic heterocycles. The van der Waals surface area contributed by atoms with Crippen LogP contribution in [0, 0.1) is 0 Å². The van der Waals surface area contributed by atoms with Crippen LogP contribution < -0.4 is 5.32 Å². The average molecular weight is 259 g/mol. The van der Waals surface area contributed by atoms with Crippen LogP contribution in [0.4, 0.5) is 5.69 Å². The molecule has 3 rings (SSSR count). The Balaban J connectivity index is 1.69. The molecule has 18 heavy (non-hydrogen) atoms. The predicted molar refractivity (Wildman–Crippen MR) is 74.0 cm³/mol. The van der Waals surface area contributed by atoms with Crippen molar-refractivity contribution in [3.63, 3.8) is 0 Å². The lowest BCUT2D eigenvalue weighted by Gasteiger charge is -2.10. The Hall–Kier alpha value is -1.78. The second-order valence-corrected chi connectivity index (χ2v) is 5.03. The summed E-state index contributed by atoms with van der Waals surface area (Å²) in [5, 5.41) is 16.4. The van der Waals surface area contributed by atoms with E-state index in [0.717, 1.165) is 5.69 Å². The lowest BCUT2D eigenvalue weighted by molar-refractivity contribution is 0.162. The monoisotopic (exact) mass is 259 g/mol. The highest BCUT2D eigenvalue weighted by atomic mass is 32.1. The Kier molecular flexibility index (Phi) is 3.04. The SMILES string of the molecule is OC(CNc1ccc2sccc2c1)c1ccco1. The van der Waals surface area contributed by atoms with Crippen molar-refractivity contribution in [2.75, 3.05) is 11.9 Å². The largest absolute Gasteiger partial charge is 0.467 e. The van der Waals surface area contributed by atoms with Gasteiger partial charge in [-0.3, -0.25) is 0 Å². The minimum Gasteiger partial charge on any atom is -0.467 e. The number of aliphatic hydroxyl groups excluding tert-OH is 1. The highest BCUT2D eigenvalue weighted by molar-refractivity contribution is 7.17. The summed E-state index contributed by atoms with van der Waals surface area (Å²) >= 11 is 1.73. The quantitative estimate of drug-likeness (QED) is 0.752.